The molecule has 0 saturated carbocycles. The Bertz CT molecular complexity index is 1150. The van der Waals surface area contributed by atoms with Gasteiger partial charge in [0.05, 0.1) is 0 Å². The fourth-order valence-electron chi connectivity index (χ4n) is 3.83. The lowest BCUT2D eigenvalue weighted by Crippen LogP contribution is -2.51. The van der Waals surface area contributed by atoms with Crippen molar-refractivity contribution in [3.8, 4) is 5.75 Å². The molecule has 3 aromatic rings. The van der Waals surface area contributed by atoms with Crippen LogP contribution in [0.15, 0.2) is 72.8 Å². The van der Waals surface area contributed by atoms with Gasteiger partial charge in [-0.1, -0.05) is 91.1 Å². The van der Waals surface area contributed by atoms with Crippen molar-refractivity contribution in [3.63, 3.8) is 0 Å². The molecule has 2 amide bonds. The van der Waals surface area contributed by atoms with Gasteiger partial charge in [-0.3, -0.25) is 9.59 Å². The normalized spacial score (nSPS) is 11.6. The number of unbranched alkanes of at least 4 members (excludes halogenated alkanes) is 1. The van der Waals surface area contributed by atoms with Crippen LogP contribution in [0.3, 0.4) is 0 Å². The highest BCUT2D eigenvalue weighted by Crippen LogP contribution is 2.24. The molecule has 0 radical (unpaired) electrons. The Balaban J connectivity index is 1.92. The van der Waals surface area contributed by atoms with Gasteiger partial charge in [0.2, 0.25) is 5.91 Å². The molecule has 0 aliphatic rings. The predicted octanol–water partition coefficient (Wildman–Crippen LogP) is 6.24. The lowest BCUT2D eigenvalue weighted by molar-refractivity contribution is -0.142. The van der Waals surface area contributed by atoms with Gasteiger partial charge in [0.25, 0.3) is 5.91 Å². The molecule has 1 atom stereocenters. The lowest BCUT2D eigenvalue weighted by Gasteiger charge is -2.32. The van der Waals surface area contributed by atoms with E-state index < -0.39 is 6.04 Å². The van der Waals surface area contributed by atoms with E-state index >= 15 is 0 Å². The van der Waals surface area contributed by atoms with Crippen LogP contribution >= 0.6 is 23.2 Å². The van der Waals surface area contributed by atoms with Crippen molar-refractivity contribution in [2.24, 2.45) is 0 Å². The summed E-state index contributed by atoms with van der Waals surface area (Å²) >= 11 is 12.6. The number of aryl methyl sites for hydroxylation is 1. The van der Waals surface area contributed by atoms with Crippen LogP contribution in [-0.2, 0) is 22.6 Å². The lowest BCUT2D eigenvalue weighted by atomic mass is 10.0. The van der Waals surface area contributed by atoms with Gasteiger partial charge in [0.15, 0.2) is 6.61 Å². The Morgan fingerprint density at radius 3 is 2.42 bits per heavy atom. The number of benzene rings is 3. The predicted molar refractivity (Wildman–Crippen MR) is 146 cm³/mol. The average molecular weight is 527 g/mol. The summed E-state index contributed by atoms with van der Waals surface area (Å²) in [6, 6.07) is 21.6. The number of amides is 2. The Morgan fingerprint density at radius 2 is 1.72 bits per heavy atom. The first-order valence-electron chi connectivity index (χ1n) is 12.1. The smallest absolute Gasteiger partial charge is 0.261 e. The minimum absolute atomic E-state index is 0.144. The molecule has 0 heterocycles. The van der Waals surface area contributed by atoms with E-state index in [1.165, 1.54) is 0 Å². The van der Waals surface area contributed by atoms with Crippen LogP contribution in [0.2, 0.25) is 10.0 Å². The van der Waals surface area contributed by atoms with Gasteiger partial charge in [-0.15, -0.1) is 0 Å². The fraction of sp³-hybridized carbons (Fsp3) is 0.310. The average Bonchev–Trinajstić information content (AvgIpc) is 2.87. The van der Waals surface area contributed by atoms with E-state index in [1.807, 2.05) is 61.5 Å². The monoisotopic (exact) mass is 526 g/mol. The van der Waals surface area contributed by atoms with Crippen molar-refractivity contribution in [1.82, 2.24) is 10.2 Å². The summed E-state index contributed by atoms with van der Waals surface area (Å²) in [7, 11) is 0. The first-order valence-corrected chi connectivity index (χ1v) is 12.9. The second-order valence-electron chi connectivity index (χ2n) is 8.66. The number of carbonyl (C=O) groups excluding carboxylic acids is 2. The highest BCUT2D eigenvalue weighted by Gasteiger charge is 2.31. The van der Waals surface area contributed by atoms with Crippen LogP contribution in [0.5, 0.6) is 5.75 Å². The van der Waals surface area contributed by atoms with Crippen molar-refractivity contribution in [1.29, 1.82) is 0 Å². The van der Waals surface area contributed by atoms with E-state index in [0.717, 1.165) is 24.0 Å². The van der Waals surface area contributed by atoms with Crippen LogP contribution in [-0.4, -0.2) is 35.9 Å². The number of ether oxygens (including phenoxy) is 1. The van der Waals surface area contributed by atoms with Crippen molar-refractivity contribution >= 4 is 35.0 Å². The maximum atomic E-state index is 13.6. The van der Waals surface area contributed by atoms with E-state index in [-0.39, 0.29) is 25.0 Å². The van der Waals surface area contributed by atoms with Crippen LogP contribution in [0.25, 0.3) is 0 Å². The minimum atomic E-state index is -0.746. The molecule has 0 fully saturated rings. The van der Waals surface area contributed by atoms with Gasteiger partial charge in [-0.2, -0.15) is 0 Å². The van der Waals surface area contributed by atoms with E-state index in [0.29, 0.717) is 34.3 Å². The molecular formula is C29H32Cl2N2O3. The maximum absolute atomic E-state index is 13.6. The third-order valence-electron chi connectivity index (χ3n) is 5.90. The third kappa shape index (κ3) is 8.00. The number of hydrogen-bond donors (Lipinski definition) is 1. The molecule has 0 saturated heterocycles. The highest BCUT2D eigenvalue weighted by atomic mass is 35.5. The quantitative estimate of drug-likeness (QED) is 0.284. The van der Waals surface area contributed by atoms with Crippen molar-refractivity contribution in [2.75, 3.05) is 13.2 Å². The number of carbonyl (C=O) groups is 2. The number of nitrogens with one attached hydrogen (secondary N) is 1. The zero-order valence-corrected chi connectivity index (χ0v) is 22.2. The molecule has 3 aromatic carbocycles. The second kappa shape index (κ2) is 13.9. The summed E-state index contributed by atoms with van der Waals surface area (Å²) in [5, 5.41) is 3.94. The Hall–Kier alpha value is -3.02. The van der Waals surface area contributed by atoms with Crippen LogP contribution < -0.4 is 10.1 Å². The Labute approximate surface area is 223 Å². The maximum Gasteiger partial charge on any atom is 0.261 e. The number of para-hydroxylation sites is 1. The molecule has 0 spiro atoms. The van der Waals surface area contributed by atoms with E-state index in [4.69, 9.17) is 27.9 Å². The zero-order chi connectivity index (χ0) is 25.9. The van der Waals surface area contributed by atoms with Gasteiger partial charge in [-0.25, -0.2) is 0 Å². The summed E-state index contributed by atoms with van der Waals surface area (Å²) in [6.45, 7) is 4.47. The first-order chi connectivity index (χ1) is 17.4. The van der Waals surface area contributed by atoms with Crippen LogP contribution in [0.4, 0.5) is 0 Å². The Morgan fingerprint density at radius 1 is 1.00 bits per heavy atom. The molecule has 0 bridgehead atoms. The Kier molecular flexibility index (Phi) is 10.6. The largest absolute Gasteiger partial charge is 0.484 e. The number of hydrogen-bond acceptors (Lipinski definition) is 3. The van der Waals surface area contributed by atoms with Gasteiger partial charge in [0, 0.05) is 29.6 Å². The molecule has 0 aliphatic carbocycles. The first kappa shape index (κ1) is 27.6. The summed E-state index contributed by atoms with van der Waals surface area (Å²) < 4.78 is 5.87. The molecule has 5 nitrogen and oxygen atoms in total. The van der Waals surface area contributed by atoms with E-state index in [9.17, 15) is 9.59 Å². The van der Waals surface area contributed by atoms with Gasteiger partial charge in [-0.05, 0) is 48.2 Å². The van der Waals surface area contributed by atoms with Gasteiger partial charge >= 0.3 is 0 Å². The standard InChI is InChI=1S/C29H32Cl2N2O3/c1-3-4-16-32-29(35)26(17-22-11-6-5-7-12-22)33(19-23-14-15-24(30)18-25(23)31)28(34)20-36-27-13-9-8-10-21(27)2/h5-15,18,26H,3-4,16-17,19-20H2,1-2H3,(H,32,35). The van der Waals surface area contributed by atoms with E-state index in [1.54, 1.807) is 23.1 Å². The molecule has 7 heteroatoms. The summed E-state index contributed by atoms with van der Waals surface area (Å²) in [5.41, 5.74) is 2.58. The zero-order valence-electron chi connectivity index (χ0n) is 20.7. The van der Waals surface area contributed by atoms with Crippen LogP contribution in [0.1, 0.15) is 36.5 Å². The second-order valence-corrected chi connectivity index (χ2v) is 9.51. The minimum Gasteiger partial charge on any atom is -0.484 e. The topological polar surface area (TPSA) is 58.6 Å². The highest BCUT2D eigenvalue weighted by molar-refractivity contribution is 6.35. The van der Waals surface area contributed by atoms with E-state index in [2.05, 4.69) is 12.2 Å². The molecule has 0 aliphatic heterocycles. The molecule has 0 aromatic heterocycles. The van der Waals surface area contributed by atoms with Crippen molar-refractivity contribution in [2.45, 2.75) is 45.7 Å². The number of nitrogens with zero attached hydrogens (tertiary/aromatic N) is 1. The van der Waals surface area contributed by atoms with Crippen LogP contribution in [0, 0.1) is 6.92 Å². The van der Waals surface area contributed by atoms with Crippen molar-refractivity contribution in [3.05, 3.63) is 99.5 Å². The van der Waals surface area contributed by atoms with Gasteiger partial charge < -0.3 is 15.0 Å². The molecule has 190 valence electrons. The summed E-state index contributed by atoms with van der Waals surface area (Å²) in [6.07, 6.45) is 2.17. The molecular weight excluding hydrogens is 495 g/mol. The summed E-state index contributed by atoms with van der Waals surface area (Å²) in [5.74, 6) is 0.111. The molecule has 1 unspecified atom stereocenters. The summed E-state index contributed by atoms with van der Waals surface area (Å²) in [4.78, 5) is 28.6. The molecule has 1 N–H and O–H groups in total. The SMILES string of the molecule is CCCCNC(=O)C(Cc1ccccc1)N(Cc1ccc(Cl)cc1Cl)C(=O)COc1ccccc1C. The molecule has 3 rings (SSSR count). The van der Waals surface area contributed by atoms with Crippen molar-refractivity contribution < 1.29 is 14.3 Å². The van der Waals surface area contributed by atoms with Gasteiger partial charge in [0.1, 0.15) is 11.8 Å². The fourth-order valence-corrected chi connectivity index (χ4v) is 4.30. The number of halogens is 2. The number of rotatable bonds is 12. The molecule has 36 heavy (non-hydrogen) atoms. The third-order valence-corrected chi connectivity index (χ3v) is 6.49.